The van der Waals surface area contributed by atoms with Crippen LogP contribution in [0.4, 0.5) is 24.8 Å². The van der Waals surface area contributed by atoms with Gasteiger partial charge in [0.05, 0.1) is 17.1 Å². The molecule has 37 heavy (non-hydrogen) atoms. The minimum absolute atomic E-state index is 0.0170. The Morgan fingerprint density at radius 3 is 2.43 bits per heavy atom. The Balaban J connectivity index is 1.81. The third-order valence-corrected chi connectivity index (χ3v) is 6.46. The van der Waals surface area contributed by atoms with Crippen molar-refractivity contribution in [3.63, 3.8) is 0 Å². The molecule has 0 radical (unpaired) electrons. The standard InChI is InChI=1S/C27H32F3N3O4/c1-15(2)36-23-12-22-21(11-20(23)24(34)35)32-25(33(22)18-10-16(3)13-26(4,5)14-18)31-17-6-8-19(9-7-17)37-27(28,29)30/h6-9,11-12,15-16,18H,10,13-14H2,1-5H3,(H,31,32)(H,34,35)/t16-,18+/m1/s1. The molecule has 0 aliphatic heterocycles. The highest BCUT2D eigenvalue weighted by molar-refractivity contribution is 5.96. The molecule has 0 spiro atoms. The molecule has 2 aromatic carbocycles. The Morgan fingerprint density at radius 2 is 1.86 bits per heavy atom. The van der Waals surface area contributed by atoms with Crippen molar-refractivity contribution < 1.29 is 32.5 Å². The van der Waals surface area contributed by atoms with E-state index in [9.17, 15) is 23.1 Å². The van der Waals surface area contributed by atoms with Gasteiger partial charge in [-0.15, -0.1) is 13.2 Å². The van der Waals surface area contributed by atoms with Gasteiger partial charge < -0.3 is 24.5 Å². The summed E-state index contributed by atoms with van der Waals surface area (Å²) in [5, 5.41) is 13.0. The first-order chi connectivity index (χ1) is 17.2. The number of fused-ring (bicyclic) bond motifs is 1. The van der Waals surface area contributed by atoms with Crippen LogP contribution in [0.1, 0.15) is 70.3 Å². The second kappa shape index (κ2) is 9.79. The van der Waals surface area contributed by atoms with Gasteiger partial charge in [-0.05, 0) is 74.8 Å². The van der Waals surface area contributed by atoms with E-state index in [1.165, 1.54) is 30.3 Å². The summed E-state index contributed by atoms with van der Waals surface area (Å²) < 4.78 is 49.6. The minimum atomic E-state index is -4.77. The van der Waals surface area contributed by atoms with E-state index in [0.717, 1.165) is 24.8 Å². The van der Waals surface area contributed by atoms with Gasteiger partial charge in [0.2, 0.25) is 5.95 Å². The van der Waals surface area contributed by atoms with Crippen LogP contribution in [0.3, 0.4) is 0 Å². The highest BCUT2D eigenvalue weighted by Crippen LogP contribution is 2.46. The quantitative estimate of drug-likeness (QED) is 0.335. The Labute approximate surface area is 213 Å². The SMILES string of the molecule is CC(C)Oc1cc2c(cc1C(=O)O)nc(Nc1ccc(OC(F)(F)F)cc1)n2[C@H]1C[C@@H](C)CC(C)(C)C1. The zero-order chi connectivity index (χ0) is 27.1. The van der Waals surface area contributed by atoms with Crippen LogP contribution < -0.4 is 14.8 Å². The summed E-state index contributed by atoms with van der Waals surface area (Å²) in [5.41, 5.74) is 1.85. The predicted molar refractivity (Wildman–Crippen MR) is 135 cm³/mol. The van der Waals surface area contributed by atoms with E-state index in [1.807, 2.05) is 13.8 Å². The molecular weight excluding hydrogens is 487 g/mol. The number of imidazole rings is 1. The van der Waals surface area contributed by atoms with Crippen molar-refractivity contribution in [1.82, 2.24) is 9.55 Å². The largest absolute Gasteiger partial charge is 0.573 e. The first-order valence-electron chi connectivity index (χ1n) is 12.3. The summed E-state index contributed by atoms with van der Waals surface area (Å²) in [6, 6.07) is 8.72. The number of nitrogens with one attached hydrogen (secondary N) is 1. The van der Waals surface area contributed by atoms with Gasteiger partial charge in [0.15, 0.2) is 0 Å². The zero-order valence-electron chi connectivity index (χ0n) is 21.5. The normalized spacial score (nSPS) is 19.7. The van der Waals surface area contributed by atoms with Crippen LogP contribution in [-0.4, -0.2) is 33.1 Å². The number of ether oxygens (including phenoxy) is 2. The number of hydrogen-bond acceptors (Lipinski definition) is 5. The van der Waals surface area contributed by atoms with Crippen LogP contribution in [0.15, 0.2) is 36.4 Å². The molecule has 2 N–H and O–H groups in total. The number of halogens is 3. The molecule has 0 amide bonds. The van der Waals surface area contributed by atoms with Gasteiger partial charge in [-0.2, -0.15) is 0 Å². The van der Waals surface area contributed by atoms with E-state index in [0.29, 0.717) is 23.1 Å². The van der Waals surface area contributed by atoms with Gasteiger partial charge in [-0.1, -0.05) is 20.8 Å². The van der Waals surface area contributed by atoms with Crippen molar-refractivity contribution in [2.24, 2.45) is 11.3 Å². The molecule has 3 aromatic rings. The number of carboxylic acid groups (broad SMARTS) is 1. The molecule has 0 saturated heterocycles. The van der Waals surface area contributed by atoms with Gasteiger partial charge >= 0.3 is 12.3 Å². The number of anilines is 2. The van der Waals surface area contributed by atoms with Gasteiger partial charge in [-0.25, -0.2) is 9.78 Å². The van der Waals surface area contributed by atoms with Crippen molar-refractivity contribution in [2.75, 3.05) is 5.32 Å². The van der Waals surface area contributed by atoms with Crippen LogP contribution in [-0.2, 0) is 0 Å². The predicted octanol–water partition coefficient (Wildman–Crippen LogP) is 7.55. The lowest BCUT2D eigenvalue weighted by atomic mass is 9.70. The zero-order valence-corrected chi connectivity index (χ0v) is 21.5. The molecule has 1 heterocycles. The average molecular weight is 520 g/mol. The minimum Gasteiger partial charge on any atom is -0.490 e. The van der Waals surface area contributed by atoms with Crippen molar-refractivity contribution in [3.05, 3.63) is 42.0 Å². The third kappa shape index (κ3) is 6.29. The Morgan fingerprint density at radius 1 is 1.19 bits per heavy atom. The topological polar surface area (TPSA) is 85.6 Å². The molecule has 1 aliphatic carbocycles. The fraction of sp³-hybridized carbons (Fsp3) is 0.481. The van der Waals surface area contributed by atoms with E-state index in [-0.39, 0.29) is 34.6 Å². The number of rotatable bonds is 7. The highest BCUT2D eigenvalue weighted by Gasteiger charge is 2.35. The Kier molecular flexibility index (Phi) is 7.05. The van der Waals surface area contributed by atoms with E-state index < -0.39 is 12.3 Å². The molecule has 1 aromatic heterocycles. The van der Waals surface area contributed by atoms with Crippen LogP contribution in [0.2, 0.25) is 0 Å². The molecular formula is C27H32F3N3O4. The van der Waals surface area contributed by atoms with Gasteiger partial charge in [0, 0.05) is 17.8 Å². The first kappa shape index (κ1) is 26.6. The van der Waals surface area contributed by atoms with Crippen LogP contribution in [0.25, 0.3) is 11.0 Å². The van der Waals surface area contributed by atoms with Crippen LogP contribution >= 0.6 is 0 Å². The van der Waals surface area contributed by atoms with Crippen molar-refractivity contribution in [1.29, 1.82) is 0 Å². The summed E-state index contributed by atoms with van der Waals surface area (Å²) >= 11 is 0. The highest BCUT2D eigenvalue weighted by atomic mass is 19.4. The summed E-state index contributed by atoms with van der Waals surface area (Å²) in [5.74, 6) is -0.236. The molecule has 0 bridgehead atoms. The Hall–Kier alpha value is -3.43. The molecule has 7 nitrogen and oxygen atoms in total. The van der Waals surface area contributed by atoms with Crippen molar-refractivity contribution in [2.45, 2.75) is 72.4 Å². The first-order valence-corrected chi connectivity index (χ1v) is 12.3. The second-order valence-corrected chi connectivity index (χ2v) is 10.9. The van der Waals surface area contributed by atoms with Crippen LogP contribution in [0.5, 0.6) is 11.5 Å². The summed E-state index contributed by atoms with van der Waals surface area (Å²) in [4.78, 5) is 16.7. The van der Waals surface area contributed by atoms with Crippen molar-refractivity contribution in [3.8, 4) is 11.5 Å². The number of benzene rings is 2. The average Bonchev–Trinajstić information content (AvgIpc) is 3.08. The monoisotopic (exact) mass is 519 g/mol. The lowest BCUT2D eigenvalue weighted by molar-refractivity contribution is -0.274. The summed E-state index contributed by atoms with van der Waals surface area (Å²) in [6.45, 7) is 10.3. The number of carbonyl (C=O) groups is 1. The van der Waals surface area contributed by atoms with E-state index in [2.05, 4.69) is 35.4 Å². The molecule has 0 unspecified atom stereocenters. The number of carboxylic acids is 1. The van der Waals surface area contributed by atoms with Crippen molar-refractivity contribution >= 4 is 28.6 Å². The molecule has 1 fully saturated rings. The molecule has 1 aliphatic rings. The van der Waals surface area contributed by atoms with Gasteiger partial charge in [-0.3, -0.25) is 0 Å². The molecule has 10 heteroatoms. The maximum Gasteiger partial charge on any atom is 0.573 e. The van der Waals surface area contributed by atoms with Gasteiger partial charge in [0.25, 0.3) is 0 Å². The lowest BCUT2D eigenvalue weighted by Crippen LogP contribution is -2.29. The maximum atomic E-state index is 12.6. The number of nitrogens with zero attached hydrogens (tertiary/aromatic N) is 2. The maximum absolute atomic E-state index is 12.6. The number of hydrogen-bond donors (Lipinski definition) is 2. The molecule has 200 valence electrons. The van der Waals surface area contributed by atoms with Gasteiger partial charge in [0.1, 0.15) is 17.1 Å². The van der Waals surface area contributed by atoms with E-state index in [4.69, 9.17) is 9.72 Å². The fourth-order valence-electron chi connectivity index (χ4n) is 5.46. The smallest absolute Gasteiger partial charge is 0.490 e. The summed E-state index contributed by atoms with van der Waals surface area (Å²) in [6.07, 6.45) is -2.12. The van der Waals surface area contributed by atoms with E-state index in [1.54, 1.807) is 6.07 Å². The van der Waals surface area contributed by atoms with E-state index >= 15 is 0 Å². The molecule has 4 rings (SSSR count). The number of aromatic carboxylic acids is 1. The molecule has 1 saturated carbocycles. The summed E-state index contributed by atoms with van der Waals surface area (Å²) in [7, 11) is 0. The Bertz CT molecular complexity index is 1280. The van der Waals surface area contributed by atoms with Crippen LogP contribution in [0, 0.1) is 11.3 Å². The third-order valence-electron chi connectivity index (χ3n) is 6.46. The molecule has 2 atom stereocenters. The number of aromatic nitrogens is 2. The second-order valence-electron chi connectivity index (χ2n) is 10.9. The number of alkyl halides is 3. The lowest BCUT2D eigenvalue weighted by Gasteiger charge is -2.40. The fourth-order valence-corrected chi connectivity index (χ4v) is 5.46.